The van der Waals surface area contributed by atoms with Crippen LogP contribution in [0.4, 0.5) is 5.69 Å². The highest BCUT2D eigenvalue weighted by molar-refractivity contribution is 6.00. The van der Waals surface area contributed by atoms with Crippen molar-refractivity contribution < 1.29 is 19.1 Å². The normalized spacial score (nSPS) is 18.9. The Balaban J connectivity index is 2.31. The lowest BCUT2D eigenvalue weighted by Crippen LogP contribution is -2.54. The van der Waals surface area contributed by atoms with Gasteiger partial charge in [0.2, 0.25) is 5.91 Å². The minimum atomic E-state index is -0.886. The zero-order valence-corrected chi connectivity index (χ0v) is 11.1. The third kappa shape index (κ3) is 2.73. The zero-order chi connectivity index (χ0) is 14.7. The summed E-state index contributed by atoms with van der Waals surface area (Å²) >= 11 is 0. The van der Waals surface area contributed by atoms with Gasteiger partial charge in [-0.25, -0.2) is 0 Å². The van der Waals surface area contributed by atoms with Gasteiger partial charge in [0.05, 0.1) is 18.8 Å². The summed E-state index contributed by atoms with van der Waals surface area (Å²) < 4.78 is 10.4. The Labute approximate surface area is 116 Å². The fourth-order valence-corrected chi connectivity index (χ4v) is 2.04. The van der Waals surface area contributed by atoms with Crippen molar-refractivity contribution >= 4 is 17.5 Å². The van der Waals surface area contributed by atoms with Crippen LogP contribution in [0.1, 0.15) is 0 Å². The first-order valence-corrected chi connectivity index (χ1v) is 6.15. The highest BCUT2D eigenvalue weighted by Crippen LogP contribution is 2.33. The van der Waals surface area contributed by atoms with Gasteiger partial charge in [-0.1, -0.05) is 12.1 Å². The summed E-state index contributed by atoms with van der Waals surface area (Å²) in [6.45, 7) is 0.141. The van der Waals surface area contributed by atoms with Crippen LogP contribution in [0.3, 0.4) is 0 Å². The molecule has 0 saturated heterocycles. The monoisotopic (exact) mass is 279 g/mol. The van der Waals surface area contributed by atoms with Crippen LogP contribution in [-0.4, -0.2) is 44.2 Å². The third-order valence-corrected chi connectivity index (χ3v) is 3.02. The van der Waals surface area contributed by atoms with Crippen molar-refractivity contribution in [2.45, 2.75) is 12.1 Å². The SMILES string of the molecule is COCC(N)C(=O)N1CC(C(N)=O)Oc2ccccc21. The predicted molar refractivity (Wildman–Crippen MR) is 72.3 cm³/mol. The summed E-state index contributed by atoms with van der Waals surface area (Å²) in [5.41, 5.74) is 11.6. The number of nitrogens with zero attached hydrogens (tertiary/aromatic N) is 1. The topological polar surface area (TPSA) is 108 Å². The second-order valence-electron chi connectivity index (χ2n) is 4.49. The molecule has 1 heterocycles. The first-order valence-electron chi connectivity index (χ1n) is 6.15. The lowest BCUT2D eigenvalue weighted by Gasteiger charge is -2.34. The minimum Gasteiger partial charge on any atom is -0.477 e. The number of methoxy groups -OCH3 is 1. The van der Waals surface area contributed by atoms with Crippen LogP contribution < -0.4 is 21.1 Å². The molecule has 108 valence electrons. The molecule has 7 nitrogen and oxygen atoms in total. The van der Waals surface area contributed by atoms with Gasteiger partial charge in [-0.15, -0.1) is 0 Å². The van der Waals surface area contributed by atoms with Crippen molar-refractivity contribution in [3.05, 3.63) is 24.3 Å². The number of hydrogen-bond acceptors (Lipinski definition) is 5. The highest BCUT2D eigenvalue weighted by atomic mass is 16.5. The minimum absolute atomic E-state index is 0.0442. The Kier molecular flexibility index (Phi) is 4.21. The quantitative estimate of drug-likeness (QED) is 0.753. The van der Waals surface area contributed by atoms with E-state index in [1.54, 1.807) is 24.3 Å². The number of hydrogen-bond donors (Lipinski definition) is 2. The molecule has 0 saturated carbocycles. The Hall–Kier alpha value is -2.12. The molecule has 0 aromatic heterocycles. The molecular weight excluding hydrogens is 262 g/mol. The number of nitrogens with two attached hydrogens (primary N) is 2. The maximum Gasteiger partial charge on any atom is 0.260 e. The number of benzene rings is 1. The first kappa shape index (κ1) is 14.3. The molecule has 2 amide bonds. The van der Waals surface area contributed by atoms with E-state index in [0.29, 0.717) is 11.4 Å². The fourth-order valence-electron chi connectivity index (χ4n) is 2.04. The van der Waals surface area contributed by atoms with E-state index in [2.05, 4.69) is 0 Å². The smallest absolute Gasteiger partial charge is 0.260 e. The maximum absolute atomic E-state index is 12.3. The molecule has 1 aromatic carbocycles. The summed E-state index contributed by atoms with van der Waals surface area (Å²) in [5, 5.41) is 0. The fraction of sp³-hybridized carbons (Fsp3) is 0.385. The molecule has 7 heteroatoms. The number of fused-ring (bicyclic) bond motifs is 1. The molecular formula is C13H17N3O4. The molecule has 2 unspecified atom stereocenters. The molecule has 2 atom stereocenters. The second-order valence-corrected chi connectivity index (χ2v) is 4.49. The highest BCUT2D eigenvalue weighted by Gasteiger charge is 2.34. The molecule has 0 spiro atoms. The van der Waals surface area contributed by atoms with Crippen molar-refractivity contribution in [1.82, 2.24) is 0 Å². The second kappa shape index (κ2) is 5.89. The number of anilines is 1. The van der Waals surface area contributed by atoms with E-state index in [4.69, 9.17) is 20.9 Å². The number of primary amides is 1. The standard InChI is InChI=1S/C13H17N3O4/c1-19-7-8(14)13(18)16-6-11(12(15)17)20-10-5-3-2-4-9(10)16/h2-5,8,11H,6-7,14H2,1H3,(H2,15,17). The van der Waals surface area contributed by atoms with Gasteiger partial charge in [0.15, 0.2) is 6.10 Å². The average molecular weight is 279 g/mol. The van der Waals surface area contributed by atoms with Crippen LogP contribution in [0, 0.1) is 0 Å². The summed E-state index contributed by atoms with van der Waals surface area (Å²) in [6.07, 6.45) is -0.886. The van der Waals surface area contributed by atoms with Crippen LogP contribution in [0.15, 0.2) is 24.3 Å². The number of carbonyl (C=O) groups excluding carboxylic acids is 2. The lowest BCUT2D eigenvalue weighted by molar-refractivity contribution is -0.125. The molecule has 0 radical (unpaired) electrons. The molecule has 1 aliphatic heterocycles. The molecule has 1 aliphatic rings. The number of rotatable bonds is 4. The van der Waals surface area contributed by atoms with Crippen LogP contribution >= 0.6 is 0 Å². The van der Waals surface area contributed by atoms with E-state index in [1.165, 1.54) is 12.0 Å². The van der Waals surface area contributed by atoms with Crippen LogP contribution in [-0.2, 0) is 14.3 Å². The largest absolute Gasteiger partial charge is 0.477 e. The van der Waals surface area contributed by atoms with Gasteiger partial charge in [0.25, 0.3) is 5.91 Å². The molecule has 0 fully saturated rings. The van der Waals surface area contributed by atoms with Gasteiger partial charge in [0, 0.05) is 7.11 Å². The van der Waals surface area contributed by atoms with E-state index in [-0.39, 0.29) is 19.1 Å². The van der Waals surface area contributed by atoms with Crippen molar-refractivity contribution in [2.24, 2.45) is 11.5 Å². The maximum atomic E-state index is 12.3. The number of ether oxygens (including phenoxy) is 2. The van der Waals surface area contributed by atoms with Crippen molar-refractivity contribution in [2.75, 3.05) is 25.2 Å². The van der Waals surface area contributed by atoms with Crippen molar-refractivity contribution in [1.29, 1.82) is 0 Å². The summed E-state index contributed by atoms with van der Waals surface area (Å²) in [6, 6.07) is 6.12. The lowest BCUT2D eigenvalue weighted by atomic mass is 10.1. The number of para-hydroxylation sites is 2. The summed E-state index contributed by atoms with van der Waals surface area (Å²) in [7, 11) is 1.46. The Bertz CT molecular complexity index is 520. The van der Waals surface area contributed by atoms with E-state index in [0.717, 1.165) is 0 Å². The van der Waals surface area contributed by atoms with E-state index in [9.17, 15) is 9.59 Å². The Morgan fingerprint density at radius 1 is 1.50 bits per heavy atom. The number of carbonyl (C=O) groups is 2. The summed E-state index contributed by atoms with van der Waals surface area (Å²) in [4.78, 5) is 25.1. The Morgan fingerprint density at radius 3 is 2.85 bits per heavy atom. The van der Waals surface area contributed by atoms with Crippen LogP contribution in [0.2, 0.25) is 0 Å². The van der Waals surface area contributed by atoms with Gasteiger partial charge in [-0.3, -0.25) is 9.59 Å². The van der Waals surface area contributed by atoms with Gasteiger partial charge >= 0.3 is 0 Å². The van der Waals surface area contributed by atoms with Crippen molar-refractivity contribution in [3.63, 3.8) is 0 Å². The van der Waals surface area contributed by atoms with Gasteiger partial charge in [-0.2, -0.15) is 0 Å². The predicted octanol–water partition coefficient (Wildman–Crippen LogP) is -0.760. The van der Waals surface area contributed by atoms with Gasteiger partial charge < -0.3 is 25.8 Å². The number of amides is 2. The van der Waals surface area contributed by atoms with Crippen LogP contribution in [0.25, 0.3) is 0 Å². The van der Waals surface area contributed by atoms with Crippen molar-refractivity contribution in [3.8, 4) is 5.75 Å². The van der Waals surface area contributed by atoms with E-state index < -0.39 is 18.1 Å². The summed E-state index contributed by atoms with van der Waals surface area (Å²) in [5.74, 6) is -0.535. The molecule has 0 bridgehead atoms. The Morgan fingerprint density at radius 2 is 2.20 bits per heavy atom. The third-order valence-electron chi connectivity index (χ3n) is 3.02. The van der Waals surface area contributed by atoms with Crippen LogP contribution in [0.5, 0.6) is 5.75 Å². The van der Waals surface area contributed by atoms with E-state index in [1.807, 2.05) is 0 Å². The first-order chi connectivity index (χ1) is 9.54. The molecule has 2 rings (SSSR count). The van der Waals surface area contributed by atoms with Gasteiger partial charge in [-0.05, 0) is 12.1 Å². The molecule has 20 heavy (non-hydrogen) atoms. The van der Waals surface area contributed by atoms with E-state index >= 15 is 0 Å². The van der Waals surface area contributed by atoms with Gasteiger partial charge in [0.1, 0.15) is 11.8 Å². The molecule has 1 aromatic rings. The average Bonchev–Trinajstić information content (AvgIpc) is 2.45. The zero-order valence-electron chi connectivity index (χ0n) is 11.1. The molecule has 4 N–H and O–H groups in total. The molecule has 0 aliphatic carbocycles.